The van der Waals surface area contributed by atoms with E-state index >= 15 is 0 Å². The molecule has 20 heavy (non-hydrogen) atoms. The van der Waals surface area contributed by atoms with E-state index in [-0.39, 0.29) is 11.5 Å². The Labute approximate surface area is 115 Å². The van der Waals surface area contributed by atoms with Crippen molar-refractivity contribution in [2.45, 2.75) is 18.6 Å². The second-order valence-corrected chi connectivity index (χ2v) is 5.06. The van der Waals surface area contributed by atoms with Crippen LogP contribution in [0.2, 0.25) is 0 Å². The number of piperidine rings is 1. The average molecular weight is 283 g/mol. The molecule has 2 fully saturated rings. The molecule has 1 spiro atoms. The maximum atomic E-state index is 13.1. The third kappa shape index (κ3) is 2.53. The second-order valence-electron chi connectivity index (χ2n) is 5.06. The fourth-order valence-corrected chi connectivity index (χ4v) is 2.70. The lowest BCUT2D eigenvalue weighted by Crippen LogP contribution is -2.47. The zero-order valence-corrected chi connectivity index (χ0v) is 10.9. The standard InChI is InChI=1S/C14H15F2NO3/c15-11-7-10(8-12(16)9-11)13(18)17-3-1-14(2-4-17)19-5-6-20-14/h7-9H,1-6H2. The van der Waals surface area contributed by atoms with Gasteiger partial charge in [0.25, 0.3) is 5.91 Å². The van der Waals surface area contributed by atoms with Gasteiger partial charge < -0.3 is 14.4 Å². The Morgan fingerprint density at radius 2 is 1.60 bits per heavy atom. The summed E-state index contributed by atoms with van der Waals surface area (Å²) in [7, 11) is 0. The number of rotatable bonds is 1. The van der Waals surface area contributed by atoms with Gasteiger partial charge in [-0.25, -0.2) is 8.78 Å². The summed E-state index contributed by atoms with van der Waals surface area (Å²) in [5.74, 6) is -2.42. The fourth-order valence-electron chi connectivity index (χ4n) is 2.70. The van der Waals surface area contributed by atoms with Crippen LogP contribution in [0, 0.1) is 11.6 Å². The molecule has 1 amide bonds. The predicted molar refractivity (Wildman–Crippen MR) is 66.1 cm³/mol. The molecule has 0 bridgehead atoms. The van der Waals surface area contributed by atoms with Crippen molar-refractivity contribution in [1.29, 1.82) is 0 Å². The number of halogens is 2. The molecule has 1 aromatic carbocycles. The van der Waals surface area contributed by atoms with Crippen molar-refractivity contribution in [3.8, 4) is 0 Å². The molecule has 2 heterocycles. The van der Waals surface area contributed by atoms with Crippen molar-refractivity contribution in [3.63, 3.8) is 0 Å². The Hall–Kier alpha value is -1.53. The van der Waals surface area contributed by atoms with E-state index in [4.69, 9.17) is 9.47 Å². The van der Waals surface area contributed by atoms with E-state index < -0.39 is 17.4 Å². The Morgan fingerprint density at radius 3 is 2.15 bits per heavy atom. The molecule has 2 saturated heterocycles. The van der Waals surface area contributed by atoms with Crippen molar-refractivity contribution in [1.82, 2.24) is 4.90 Å². The van der Waals surface area contributed by atoms with Gasteiger partial charge in [0.15, 0.2) is 5.79 Å². The minimum atomic E-state index is -0.746. The van der Waals surface area contributed by atoms with Crippen LogP contribution in [0.15, 0.2) is 18.2 Å². The van der Waals surface area contributed by atoms with E-state index in [1.54, 1.807) is 4.90 Å². The minimum absolute atomic E-state index is 0.0340. The summed E-state index contributed by atoms with van der Waals surface area (Å²) in [6.45, 7) is 2.06. The quantitative estimate of drug-likeness (QED) is 0.790. The van der Waals surface area contributed by atoms with Gasteiger partial charge in [-0.1, -0.05) is 0 Å². The first-order chi connectivity index (χ1) is 9.58. The maximum absolute atomic E-state index is 13.1. The SMILES string of the molecule is O=C(c1cc(F)cc(F)c1)N1CCC2(CC1)OCCO2. The first-order valence-corrected chi connectivity index (χ1v) is 6.61. The zero-order valence-electron chi connectivity index (χ0n) is 10.9. The highest BCUT2D eigenvalue weighted by molar-refractivity contribution is 5.94. The van der Waals surface area contributed by atoms with Crippen molar-refractivity contribution >= 4 is 5.91 Å². The molecule has 2 aliphatic heterocycles. The Bertz CT molecular complexity index is 499. The summed E-state index contributed by atoms with van der Waals surface area (Å²) in [5.41, 5.74) is 0.0340. The van der Waals surface area contributed by atoms with E-state index in [9.17, 15) is 13.6 Å². The van der Waals surface area contributed by atoms with Crippen LogP contribution < -0.4 is 0 Å². The number of carbonyl (C=O) groups is 1. The Kier molecular flexibility index (Phi) is 3.43. The average Bonchev–Trinajstić information content (AvgIpc) is 2.86. The number of benzene rings is 1. The molecule has 0 unspecified atom stereocenters. The molecule has 6 heteroatoms. The molecule has 1 aromatic rings. The molecular formula is C14H15F2NO3. The van der Waals surface area contributed by atoms with E-state index in [0.29, 0.717) is 39.1 Å². The van der Waals surface area contributed by atoms with Crippen LogP contribution >= 0.6 is 0 Å². The lowest BCUT2D eigenvalue weighted by atomic mass is 10.0. The third-order valence-electron chi connectivity index (χ3n) is 3.74. The van der Waals surface area contributed by atoms with Crippen molar-refractivity contribution < 1.29 is 23.0 Å². The number of ether oxygens (including phenoxy) is 2. The van der Waals surface area contributed by atoms with Gasteiger partial charge in [-0.05, 0) is 12.1 Å². The van der Waals surface area contributed by atoms with Crippen LogP contribution in [-0.2, 0) is 9.47 Å². The molecular weight excluding hydrogens is 268 g/mol. The fraction of sp³-hybridized carbons (Fsp3) is 0.500. The van der Waals surface area contributed by atoms with Crippen LogP contribution in [0.5, 0.6) is 0 Å². The van der Waals surface area contributed by atoms with Crippen molar-refractivity contribution in [2.24, 2.45) is 0 Å². The highest BCUT2D eigenvalue weighted by atomic mass is 19.1. The second kappa shape index (κ2) is 5.10. The first kappa shape index (κ1) is 13.5. The highest BCUT2D eigenvalue weighted by Gasteiger charge is 2.40. The molecule has 4 nitrogen and oxygen atoms in total. The Balaban J connectivity index is 1.69. The normalized spacial score (nSPS) is 21.4. The first-order valence-electron chi connectivity index (χ1n) is 6.61. The highest BCUT2D eigenvalue weighted by Crippen LogP contribution is 2.31. The summed E-state index contributed by atoms with van der Waals surface area (Å²) >= 11 is 0. The van der Waals surface area contributed by atoms with Gasteiger partial charge in [0.2, 0.25) is 0 Å². The molecule has 3 rings (SSSR count). The summed E-state index contributed by atoms with van der Waals surface area (Å²) in [6.07, 6.45) is 1.16. The number of likely N-dealkylation sites (tertiary alicyclic amines) is 1. The zero-order chi connectivity index (χ0) is 14.2. The summed E-state index contributed by atoms with van der Waals surface area (Å²) < 4.78 is 37.4. The molecule has 0 atom stereocenters. The third-order valence-corrected chi connectivity index (χ3v) is 3.74. The topological polar surface area (TPSA) is 38.8 Å². The van der Waals surface area contributed by atoms with Gasteiger partial charge >= 0.3 is 0 Å². The lowest BCUT2D eigenvalue weighted by Gasteiger charge is -2.37. The van der Waals surface area contributed by atoms with Crippen molar-refractivity contribution in [2.75, 3.05) is 26.3 Å². The summed E-state index contributed by atoms with van der Waals surface area (Å²) in [5, 5.41) is 0. The van der Waals surface area contributed by atoms with Gasteiger partial charge in [0.1, 0.15) is 11.6 Å². The number of hydrogen-bond donors (Lipinski definition) is 0. The molecule has 2 aliphatic rings. The van der Waals surface area contributed by atoms with Crippen LogP contribution in [0.25, 0.3) is 0 Å². The molecule has 0 N–H and O–H groups in total. The lowest BCUT2D eigenvalue weighted by molar-refractivity contribution is -0.181. The Morgan fingerprint density at radius 1 is 1.05 bits per heavy atom. The van der Waals surface area contributed by atoms with Gasteiger partial charge in [-0.3, -0.25) is 4.79 Å². The van der Waals surface area contributed by atoms with Crippen LogP contribution in [-0.4, -0.2) is 42.9 Å². The molecule has 0 aromatic heterocycles. The number of amides is 1. The molecule has 108 valence electrons. The van der Waals surface area contributed by atoms with Crippen LogP contribution in [0.3, 0.4) is 0 Å². The number of nitrogens with zero attached hydrogens (tertiary/aromatic N) is 1. The van der Waals surface area contributed by atoms with Gasteiger partial charge in [-0.15, -0.1) is 0 Å². The summed E-state index contributed by atoms with van der Waals surface area (Å²) in [4.78, 5) is 13.8. The molecule has 0 aliphatic carbocycles. The monoisotopic (exact) mass is 283 g/mol. The predicted octanol–water partition coefficient (Wildman–Crippen LogP) is 1.94. The number of carbonyl (C=O) groups excluding carboxylic acids is 1. The van der Waals surface area contributed by atoms with Crippen molar-refractivity contribution in [3.05, 3.63) is 35.4 Å². The molecule has 0 radical (unpaired) electrons. The van der Waals surface area contributed by atoms with Gasteiger partial charge in [0.05, 0.1) is 13.2 Å². The smallest absolute Gasteiger partial charge is 0.254 e. The van der Waals surface area contributed by atoms with E-state index in [0.717, 1.165) is 18.2 Å². The minimum Gasteiger partial charge on any atom is -0.347 e. The largest absolute Gasteiger partial charge is 0.347 e. The van der Waals surface area contributed by atoms with Crippen LogP contribution in [0.4, 0.5) is 8.78 Å². The van der Waals surface area contributed by atoms with Crippen LogP contribution in [0.1, 0.15) is 23.2 Å². The van der Waals surface area contributed by atoms with Gasteiger partial charge in [0, 0.05) is 37.6 Å². The summed E-state index contributed by atoms with van der Waals surface area (Å²) in [6, 6.07) is 2.86. The molecule has 0 saturated carbocycles. The van der Waals surface area contributed by atoms with Gasteiger partial charge in [-0.2, -0.15) is 0 Å². The van der Waals surface area contributed by atoms with E-state index in [1.807, 2.05) is 0 Å². The maximum Gasteiger partial charge on any atom is 0.254 e. The van der Waals surface area contributed by atoms with E-state index in [1.165, 1.54) is 0 Å². The number of hydrogen-bond acceptors (Lipinski definition) is 3. The van der Waals surface area contributed by atoms with E-state index in [2.05, 4.69) is 0 Å².